The van der Waals surface area contributed by atoms with Crippen LogP contribution in [0, 0.1) is 0 Å². The molecule has 1 saturated carbocycles. The predicted molar refractivity (Wildman–Crippen MR) is 56.9 cm³/mol. The highest BCUT2D eigenvalue weighted by Gasteiger charge is 2.21. The van der Waals surface area contributed by atoms with Gasteiger partial charge in [0, 0.05) is 24.5 Å². The zero-order valence-electron chi connectivity index (χ0n) is 8.03. The first-order chi connectivity index (χ1) is 6.27. The molecule has 0 saturated heterocycles. The van der Waals surface area contributed by atoms with Crippen LogP contribution in [-0.2, 0) is 0 Å². The van der Waals surface area contributed by atoms with Crippen LogP contribution in [0.5, 0.6) is 0 Å². The molecule has 13 heavy (non-hydrogen) atoms. The first kappa shape index (κ1) is 8.42. The van der Waals surface area contributed by atoms with Crippen LogP contribution in [0.3, 0.4) is 0 Å². The third-order valence-corrected chi connectivity index (χ3v) is 2.92. The minimum Gasteiger partial charge on any atom is -0.399 e. The van der Waals surface area contributed by atoms with E-state index >= 15 is 0 Å². The van der Waals surface area contributed by atoms with E-state index in [1.54, 1.807) is 0 Å². The minimum absolute atomic E-state index is 0.753. The van der Waals surface area contributed by atoms with Crippen LogP contribution < -0.4 is 10.6 Å². The molecule has 0 heterocycles. The highest BCUT2D eigenvalue weighted by molar-refractivity contribution is 5.53. The van der Waals surface area contributed by atoms with Gasteiger partial charge in [-0.25, -0.2) is 0 Å². The Kier molecular flexibility index (Phi) is 2.13. The van der Waals surface area contributed by atoms with Crippen molar-refractivity contribution in [3.05, 3.63) is 24.3 Å². The standard InChI is InChI=1S/C11H16N2/c1-13(10-3-2-4-10)11-7-5-9(12)6-8-11/h5-8,10H,2-4,12H2,1H3. The lowest BCUT2D eigenvalue weighted by atomic mass is 9.91. The summed E-state index contributed by atoms with van der Waals surface area (Å²) in [6, 6.07) is 8.86. The molecule has 0 amide bonds. The molecule has 0 atom stereocenters. The van der Waals surface area contributed by atoms with Crippen LogP contribution in [0.1, 0.15) is 19.3 Å². The zero-order valence-corrected chi connectivity index (χ0v) is 8.03. The molecule has 2 rings (SSSR count). The van der Waals surface area contributed by atoms with Crippen molar-refractivity contribution in [1.82, 2.24) is 0 Å². The molecule has 0 aromatic heterocycles. The molecule has 0 radical (unpaired) electrons. The molecule has 1 aliphatic carbocycles. The van der Waals surface area contributed by atoms with Crippen LogP contribution in [-0.4, -0.2) is 13.1 Å². The molecule has 0 aliphatic heterocycles. The van der Waals surface area contributed by atoms with Gasteiger partial charge >= 0.3 is 0 Å². The van der Waals surface area contributed by atoms with Gasteiger partial charge in [-0.15, -0.1) is 0 Å². The summed E-state index contributed by atoms with van der Waals surface area (Å²) < 4.78 is 0. The third-order valence-electron chi connectivity index (χ3n) is 2.92. The van der Waals surface area contributed by atoms with Crippen LogP contribution >= 0.6 is 0 Å². The number of nitrogens with two attached hydrogens (primary N) is 1. The van der Waals surface area contributed by atoms with Crippen molar-refractivity contribution in [2.24, 2.45) is 0 Å². The van der Waals surface area contributed by atoms with Crippen molar-refractivity contribution in [2.75, 3.05) is 17.7 Å². The fourth-order valence-corrected chi connectivity index (χ4v) is 1.69. The Labute approximate surface area is 79.4 Å². The molecule has 1 aromatic carbocycles. The number of benzene rings is 1. The van der Waals surface area contributed by atoms with E-state index in [0.29, 0.717) is 0 Å². The Balaban J connectivity index is 2.10. The maximum Gasteiger partial charge on any atom is 0.0367 e. The number of hydrogen-bond acceptors (Lipinski definition) is 2. The summed E-state index contributed by atoms with van der Waals surface area (Å²) >= 11 is 0. The van der Waals surface area contributed by atoms with Gasteiger partial charge in [-0.3, -0.25) is 0 Å². The van der Waals surface area contributed by atoms with Crippen LogP contribution in [0.4, 0.5) is 11.4 Å². The molecule has 0 spiro atoms. The predicted octanol–water partition coefficient (Wildman–Crippen LogP) is 2.26. The van der Waals surface area contributed by atoms with Gasteiger partial charge < -0.3 is 10.6 Å². The number of nitrogens with zero attached hydrogens (tertiary/aromatic N) is 1. The molecular formula is C11H16N2. The van der Waals surface area contributed by atoms with Crippen molar-refractivity contribution in [3.63, 3.8) is 0 Å². The van der Waals surface area contributed by atoms with Gasteiger partial charge in [-0.2, -0.15) is 0 Å². The molecule has 0 bridgehead atoms. The molecule has 2 heteroatoms. The van der Waals surface area contributed by atoms with Crippen LogP contribution in [0.2, 0.25) is 0 Å². The van der Waals surface area contributed by atoms with Crippen LogP contribution in [0.15, 0.2) is 24.3 Å². The Morgan fingerprint density at radius 3 is 2.31 bits per heavy atom. The van der Waals surface area contributed by atoms with Crippen molar-refractivity contribution in [2.45, 2.75) is 25.3 Å². The van der Waals surface area contributed by atoms with Gasteiger partial charge in [-0.05, 0) is 43.5 Å². The maximum atomic E-state index is 5.63. The summed E-state index contributed by atoms with van der Waals surface area (Å²) in [5.41, 5.74) is 7.75. The minimum atomic E-state index is 0.753. The van der Waals surface area contributed by atoms with E-state index in [4.69, 9.17) is 5.73 Å². The topological polar surface area (TPSA) is 29.3 Å². The fraction of sp³-hybridized carbons (Fsp3) is 0.455. The highest BCUT2D eigenvalue weighted by Crippen LogP contribution is 2.28. The Bertz CT molecular complexity index is 275. The monoisotopic (exact) mass is 176 g/mol. The number of rotatable bonds is 2. The Hall–Kier alpha value is -1.18. The van der Waals surface area contributed by atoms with E-state index in [-0.39, 0.29) is 0 Å². The molecular weight excluding hydrogens is 160 g/mol. The quantitative estimate of drug-likeness (QED) is 0.700. The summed E-state index contributed by atoms with van der Waals surface area (Å²) in [6.45, 7) is 0. The van der Waals surface area contributed by atoms with Crippen LogP contribution in [0.25, 0.3) is 0 Å². The van der Waals surface area contributed by atoms with Gasteiger partial charge in [0.15, 0.2) is 0 Å². The lowest BCUT2D eigenvalue weighted by molar-refractivity contribution is 0.401. The largest absolute Gasteiger partial charge is 0.399 e. The lowest BCUT2D eigenvalue weighted by Crippen LogP contribution is -2.36. The Morgan fingerprint density at radius 1 is 1.23 bits per heavy atom. The Morgan fingerprint density at radius 2 is 1.85 bits per heavy atom. The maximum absolute atomic E-state index is 5.63. The second-order valence-corrected chi connectivity index (χ2v) is 3.79. The third kappa shape index (κ3) is 1.62. The molecule has 1 fully saturated rings. The van der Waals surface area contributed by atoms with E-state index in [0.717, 1.165) is 11.7 Å². The van der Waals surface area contributed by atoms with E-state index in [9.17, 15) is 0 Å². The fourth-order valence-electron chi connectivity index (χ4n) is 1.69. The average molecular weight is 176 g/mol. The molecule has 2 nitrogen and oxygen atoms in total. The summed E-state index contributed by atoms with van der Waals surface area (Å²) in [5, 5.41) is 0. The SMILES string of the molecule is CN(c1ccc(N)cc1)C1CCC1. The molecule has 0 unspecified atom stereocenters. The summed E-state index contributed by atoms with van der Waals surface area (Å²) in [4.78, 5) is 2.35. The summed E-state index contributed by atoms with van der Waals surface area (Å²) in [5.74, 6) is 0. The van der Waals surface area contributed by atoms with Crippen molar-refractivity contribution in [1.29, 1.82) is 0 Å². The highest BCUT2D eigenvalue weighted by atomic mass is 15.1. The van der Waals surface area contributed by atoms with Crippen molar-refractivity contribution < 1.29 is 0 Å². The van der Waals surface area contributed by atoms with E-state index in [1.807, 2.05) is 12.1 Å². The molecule has 1 aromatic rings. The number of nitrogen functional groups attached to an aromatic ring is 1. The lowest BCUT2D eigenvalue weighted by Gasteiger charge is -2.36. The van der Waals surface area contributed by atoms with Crippen molar-refractivity contribution >= 4 is 11.4 Å². The summed E-state index contributed by atoms with van der Waals surface area (Å²) in [7, 11) is 2.16. The van der Waals surface area contributed by atoms with E-state index in [1.165, 1.54) is 24.9 Å². The normalized spacial score (nSPS) is 16.7. The molecule has 2 N–H and O–H groups in total. The van der Waals surface area contributed by atoms with Crippen molar-refractivity contribution in [3.8, 4) is 0 Å². The van der Waals surface area contributed by atoms with E-state index < -0.39 is 0 Å². The van der Waals surface area contributed by atoms with Gasteiger partial charge in [0.2, 0.25) is 0 Å². The molecule has 1 aliphatic rings. The average Bonchev–Trinajstić information content (AvgIpc) is 2.02. The van der Waals surface area contributed by atoms with Gasteiger partial charge in [0.05, 0.1) is 0 Å². The second-order valence-electron chi connectivity index (χ2n) is 3.79. The van der Waals surface area contributed by atoms with Gasteiger partial charge in [0.1, 0.15) is 0 Å². The zero-order chi connectivity index (χ0) is 9.26. The van der Waals surface area contributed by atoms with Gasteiger partial charge in [-0.1, -0.05) is 0 Å². The summed E-state index contributed by atoms with van der Waals surface area (Å²) in [6.07, 6.45) is 4.05. The first-order valence-electron chi connectivity index (χ1n) is 4.86. The van der Waals surface area contributed by atoms with Gasteiger partial charge in [0.25, 0.3) is 0 Å². The number of hydrogen-bond donors (Lipinski definition) is 1. The number of anilines is 2. The van der Waals surface area contributed by atoms with E-state index in [2.05, 4.69) is 24.1 Å². The molecule has 70 valence electrons. The smallest absolute Gasteiger partial charge is 0.0367 e. The first-order valence-corrected chi connectivity index (χ1v) is 4.86. The second kappa shape index (κ2) is 3.29.